The van der Waals surface area contributed by atoms with Crippen LogP contribution in [-0.2, 0) is 22.2 Å². The van der Waals surface area contributed by atoms with Crippen LogP contribution in [-0.4, -0.2) is 15.7 Å². The molecule has 2 rings (SSSR count). The van der Waals surface area contributed by atoms with Gasteiger partial charge in [-0.05, 0) is 38.5 Å². The van der Waals surface area contributed by atoms with E-state index in [0.717, 1.165) is 17.1 Å². The number of rotatable bonds is 3. The highest BCUT2D eigenvalue weighted by Crippen LogP contribution is 2.28. The lowest BCUT2D eigenvalue weighted by molar-refractivity contribution is -0.115. The molecule has 1 heterocycles. The molecule has 1 aromatic heterocycles. The number of hydrogen-bond acceptors (Lipinski definition) is 2. The van der Waals surface area contributed by atoms with Crippen LogP contribution in [0.2, 0.25) is 5.02 Å². The van der Waals surface area contributed by atoms with E-state index < -0.39 is 0 Å². The van der Waals surface area contributed by atoms with Crippen LogP contribution >= 0.6 is 11.6 Å². The molecule has 0 bridgehead atoms. The summed E-state index contributed by atoms with van der Waals surface area (Å²) in [6.45, 7) is 12.6. The van der Waals surface area contributed by atoms with Crippen LogP contribution in [0.1, 0.15) is 52.8 Å². The molecule has 0 saturated heterocycles. The molecule has 0 aliphatic heterocycles. The van der Waals surface area contributed by atoms with Crippen LogP contribution in [0.4, 0.5) is 5.82 Å². The Kier molecular flexibility index (Phi) is 5.09. The second-order valence-corrected chi connectivity index (χ2v) is 8.54. The van der Waals surface area contributed by atoms with Crippen LogP contribution in [0.15, 0.2) is 30.3 Å². The minimum absolute atomic E-state index is 0.0665. The van der Waals surface area contributed by atoms with Gasteiger partial charge in [0.2, 0.25) is 5.91 Å². The fraction of sp³-hybridized carbons (Fsp3) is 0.474. The van der Waals surface area contributed by atoms with Gasteiger partial charge in [-0.2, -0.15) is 5.10 Å². The van der Waals surface area contributed by atoms with Gasteiger partial charge in [0.05, 0.1) is 17.7 Å². The van der Waals surface area contributed by atoms with E-state index >= 15 is 0 Å². The Morgan fingerprint density at radius 1 is 1.12 bits per heavy atom. The largest absolute Gasteiger partial charge is 0.311 e. The normalized spacial score (nSPS) is 12.3. The highest BCUT2D eigenvalue weighted by atomic mass is 35.5. The van der Waals surface area contributed by atoms with Crippen LogP contribution in [0.25, 0.3) is 0 Å². The number of halogens is 1. The molecular weight excluding hydrogens is 322 g/mol. The molecular formula is C19H26ClN3O. The molecule has 1 N–H and O–H groups in total. The molecule has 0 unspecified atom stereocenters. The monoisotopic (exact) mass is 347 g/mol. The molecule has 0 spiro atoms. The number of hydrogen-bond donors (Lipinski definition) is 1. The molecule has 0 fully saturated rings. The standard InChI is InChI=1S/C19H26ClN3O/c1-18(2,3)15-12-16(23(22-15)19(4,5)6)21-17(24)11-13-7-9-14(20)10-8-13/h7-10,12H,11H2,1-6H3,(H,21,24). The quantitative estimate of drug-likeness (QED) is 0.869. The van der Waals surface area contributed by atoms with Gasteiger partial charge in [0, 0.05) is 16.5 Å². The third-order valence-electron chi connectivity index (χ3n) is 3.66. The SMILES string of the molecule is CC(C)(C)c1cc(NC(=O)Cc2ccc(Cl)cc2)n(C(C)(C)C)n1. The van der Waals surface area contributed by atoms with Gasteiger partial charge in [-0.3, -0.25) is 4.79 Å². The van der Waals surface area contributed by atoms with Crippen LogP contribution in [0, 0.1) is 0 Å². The highest BCUT2D eigenvalue weighted by Gasteiger charge is 2.25. The number of carbonyl (C=O) groups excluding carboxylic acids is 1. The molecule has 0 aliphatic rings. The minimum Gasteiger partial charge on any atom is -0.311 e. The van der Waals surface area contributed by atoms with E-state index in [1.165, 1.54) is 0 Å². The lowest BCUT2D eigenvalue weighted by Gasteiger charge is -2.23. The fourth-order valence-electron chi connectivity index (χ4n) is 2.32. The van der Waals surface area contributed by atoms with Gasteiger partial charge in [-0.25, -0.2) is 4.68 Å². The predicted octanol–water partition coefficient (Wildman–Crippen LogP) is 4.77. The van der Waals surface area contributed by atoms with Crippen LogP contribution in [0.5, 0.6) is 0 Å². The Morgan fingerprint density at radius 2 is 1.71 bits per heavy atom. The molecule has 2 aromatic rings. The Hall–Kier alpha value is -1.81. The lowest BCUT2D eigenvalue weighted by Crippen LogP contribution is -2.27. The first-order valence-corrected chi connectivity index (χ1v) is 8.50. The molecule has 1 aromatic carbocycles. The summed E-state index contributed by atoms with van der Waals surface area (Å²) in [5.41, 5.74) is 1.59. The first-order chi connectivity index (χ1) is 11.0. The number of amides is 1. The number of carbonyl (C=O) groups is 1. The molecule has 1 amide bonds. The maximum Gasteiger partial charge on any atom is 0.229 e. The number of aromatic nitrogens is 2. The van der Waals surface area contributed by atoms with Crippen molar-refractivity contribution in [3.63, 3.8) is 0 Å². The Balaban J connectivity index is 2.23. The van der Waals surface area contributed by atoms with E-state index in [9.17, 15) is 4.79 Å². The molecule has 0 radical (unpaired) electrons. The fourth-order valence-corrected chi connectivity index (χ4v) is 2.45. The third-order valence-corrected chi connectivity index (χ3v) is 3.91. The number of nitrogens with one attached hydrogen (secondary N) is 1. The summed E-state index contributed by atoms with van der Waals surface area (Å²) in [6.07, 6.45) is 0.303. The smallest absolute Gasteiger partial charge is 0.229 e. The van der Waals surface area contributed by atoms with Crippen molar-refractivity contribution in [1.82, 2.24) is 9.78 Å². The molecule has 4 nitrogen and oxygen atoms in total. The van der Waals surface area contributed by atoms with Crippen molar-refractivity contribution in [3.05, 3.63) is 46.6 Å². The average Bonchev–Trinajstić information content (AvgIpc) is 2.85. The molecule has 0 saturated carbocycles. The Bertz CT molecular complexity index is 719. The summed E-state index contributed by atoms with van der Waals surface area (Å²) in [6, 6.07) is 9.28. The van der Waals surface area contributed by atoms with Crippen molar-refractivity contribution in [2.75, 3.05) is 5.32 Å². The topological polar surface area (TPSA) is 46.9 Å². The summed E-state index contributed by atoms with van der Waals surface area (Å²) in [5.74, 6) is 0.662. The van der Waals surface area contributed by atoms with Gasteiger partial charge in [-0.15, -0.1) is 0 Å². The van der Waals surface area contributed by atoms with Crippen molar-refractivity contribution in [1.29, 1.82) is 0 Å². The molecule has 0 aliphatic carbocycles. The van der Waals surface area contributed by atoms with E-state index in [1.54, 1.807) is 12.1 Å². The predicted molar refractivity (Wildman–Crippen MR) is 99.7 cm³/mol. The zero-order chi connectivity index (χ0) is 18.1. The molecule has 130 valence electrons. The minimum atomic E-state index is -0.216. The van der Waals surface area contributed by atoms with Crippen molar-refractivity contribution in [2.24, 2.45) is 0 Å². The maximum absolute atomic E-state index is 12.4. The zero-order valence-electron chi connectivity index (χ0n) is 15.3. The summed E-state index contributed by atoms with van der Waals surface area (Å²) in [5, 5.41) is 8.38. The Morgan fingerprint density at radius 3 is 2.21 bits per heavy atom. The first kappa shape index (κ1) is 18.5. The van der Waals surface area contributed by atoms with E-state index in [4.69, 9.17) is 16.7 Å². The zero-order valence-corrected chi connectivity index (χ0v) is 16.0. The van der Waals surface area contributed by atoms with Gasteiger partial charge in [0.15, 0.2) is 0 Å². The highest BCUT2D eigenvalue weighted by molar-refractivity contribution is 6.30. The van der Waals surface area contributed by atoms with E-state index in [-0.39, 0.29) is 16.9 Å². The summed E-state index contributed by atoms with van der Waals surface area (Å²) >= 11 is 5.88. The first-order valence-electron chi connectivity index (χ1n) is 8.12. The average molecular weight is 348 g/mol. The van der Waals surface area contributed by atoms with Crippen molar-refractivity contribution in [2.45, 2.75) is 58.9 Å². The van der Waals surface area contributed by atoms with Crippen molar-refractivity contribution in [3.8, 4) is 0 Å². The number of anilines is 1. The second kappa shape index (κ2) is 6.60. The van der Waals surface area contributed by atoms with E-state index in [1.807, 2.05) is 22.9 Å². The van der Waals surface area contributed by atoms with Gasteiger partial charge < -0.3 is 5.32 Å². The molecule has 24 heavy (non-hydrogen) atoms. The number of benzene rings is 1. The molecule has 0 atom stereocenters. The Labute approximate surface area is 149 Å². The summed E-state index contributed by atoms with van der Waals surface area (Å²) in [4.78, 5) is 12.4. The number of nitrogens with zero attached hydrogens (tertiary/aromatic N) is 2. The third kappa shape index (κ3) is 4.60. The second-order valence-electron chi connectivity index (χ2n) is 8.10. The van der Waals surface area contributed by atoms with Crippen molar-refractivity contribution < 1.29 is 4.79 Å². The summed E-state index contributed by atoms with van der Waals surface area (Å²) < 4.78 is 1.88. The van der Waals surface area contributed by atoms with Gasteiger partial charge in [0.25, 0.3) is 0 Å². The van der Waals surface area contributed by atoms with Crippen LogP contribution in [0.3, 0.4) is 0 Å². The van der Waals surface area contributed by atoms with Crippen molar-refractivity contribution >= 4 is 23.3 Å². The van der Waals surface area contributed by atoms with Crippen LogP contribution < -0.4 is 5.32 Å². The summed E-state index contributed by atoms with van der Waals surface area (Å²) in [7, 11) is 0. The molecule has 5 heteroatoms. The van der Waals surface area contributed by atoms with E-state index in [2.05, 4.69) is 46.9 Å². The van der Waals surface area contributed by atoms with Gasteiger partial charge >= 0.3 is 0 Å². The maximum atomic E-state index is 12.4. The van der Waals surface area contributed by atoms with Gasteiger partial charge in [-0.1, -0.05) is 44.5 Å². The van der Waals surface area contributed by atoms with Gasteiger partial charge in [0.1, 0.15) is 5.82 Å². The van der Waals surface area contributed by atoms with E-state index in [0.29, 0.717) is 11.4 Å². The lowest BCUT2D eigenvalue weighted by atomic mass is 9.92.